The molecule has 0 radical (unpaired) electrons. The zero-order chi connectivity index (χ0) is 20.1. The lowest BCUT2D eigenvalue weighted by molar-refractivity contribution is 0.151. The molecule has 2 fully saturated rings. The second kappa shape index (κ2) is 7.00. The van der Waals surface area contributed by atoms with Crippen LogP contribution >= 0.6 is 0 Å². The van der Waals surface area contributed by atoms with Crippen LogP contribution in [0, 0.1) is 18.3 Å². The Morgan fingerprint density at radius 3 is 2.66 bits per heavy atom. The van der Waals surface area contributed by atoms with Gasteiger partial charge < -0.3 is 10.0 Å². The Kier molecular flexibility index (Phi) is 4.44. The molecule has 4 heterocycles. The molecule has 2 aromatic rings. The number of benzene rings is 1. The van der Waals surface area contributed by atoms with Gasteiger partial charge in [0.2, 0.25) is 0 Å². The first-order chi connectivity index (χ1) is 14.1. The van der Waals surface area contributed by atoms with Crippen LogP contribution in [-0.4, -0.2) is 51.9 Å². The fourth-order valence-electron chi connectivity index (χ4n) is 5.78. The first-order valence-electron chi connectivity index (χ1n) is 10.7. The third-order valence-electron chi connectivity index (χ3n) is 7.20. The molecule has 6 nitrogen and oxygen atoms in total. The SMILES string of the molecule is Cc1cc(C#N)cc(O)c1-c1cc2c(nn1)N(C1CCC3CCC1N3C)CCC2. The van der Waals surface area contributed by atoms with E-state index in [1.165, 1.54) is 37.3 Å². The lowest BCUT2D eigenvalue weighted by atomic mass is 9.93. The molecule has 0 amide bonds. The van der Waals surface area contributed by atoms with Gasteiger partial charge in [0.25, 0.3) is 0 Å². The van der Waals surface area contributed by atoms with Crippen molar-refractivity contribution >= 4 is 5.82 Å². The predicted octanol–water partition coefficient (Wildman–Crippen LogP) is 3.41. The molecule has 3 atom stereocenters. The van der Waals surface area contributed by atoms with E-state index in [4.69, 9.17) is 5.26 Å². The van der Waals surface area contributed by atoms with Gasteiger partial charge in [-0.15, -0.1) is 10.2 Å². The Balaban J connectivity index is 1.50. The molecule has 3 aliphatic heterocycles. The number of rotatable bonds is 2. The normalized spacial score (nSPS) is 26.2. The molecule has 6 heteroatoms. The molecule has 0 spiro atoms. The summed E-state index contributed by atoms with van der Waals surface area (Å²) in [5.74, 6) is 1.11. The maximum absolute atomic E-state index is 10.5. The molecule has 29 heavy (non-hydrogen) atoms. The monoisotopic (exact) mass is 389 g/mol. The third-order valence-corrected chi connectivity index (χ3v) is 7.20. The van der Waals surface area contributed by atoms with Crippen molar-refractivity contribution < 1.29 is 5.11 Å². The number of aromatic nitrogens is 2. The van der Waals surface area contributed by atoms with E-state index in [0.29, 0.717) is 28.9 Å². The molecule has 2 bridgehead atoms. The number of hydrogen-bond acceptors (Lipinski definition) is 6. The van der Waals surface area contributed by atoms with Crippen LogP contribution in [0.3, 0.4) is 0 Å². The average molecular weight is 390 g/mol. The number of nitriles is 1. The zero-order valence-electron chi connectivity index (χ0n) is 17.1. The van der Waals surface area contributed by atoms with Crippen LogP contribution in [0.4, 0.5) is 5.82 Å². The van der Waals surface area contributed by atoms with Gasteiger partial charge in [0, 0.05) is 30.2 Å². The molecular weight excluding hydrogens is 362 g/mol. The molecule has 1 aromatic carbocycles. The van der Waals surface area contributed by atoms with Gasteiger partial charge in [0.05, 0.1) is 17.3 Å². The molecule has 1 N–H and O–H groups in total. The van der Waals surface area contributed by atoms with Gasteiger partial charge in [-0.05, 0) is 81.8 Å². The van der Waals surface area contributed by atoms with Gasteiger partial charge in [-0.1, -0.05) is 0 Å². The lowest BCUT2D eigenvalue weighted by Gasteiger charge is -2.45. The zero-order valence-corrected chi connectivity index (χ0v) is 17.1. The van der Waals surface area contributed by atoms with E-state index in [9.17, 15) is 5.11 Å². The standard InChI is InChI=1S/C23H27N5O/c1-14-10-15(13-24)11-21(29)22(14)18-12-16-4-3-9-28(23(16)26-25-18)20-8-6-17-5-7-19(20)27(17)2/h10-12,17,19-20,29H,3-9H2,1-2H3. The first kappa shape index (κ1) is 18.4. The summed E-state index contributed by atoms with van der Waals surface area (Å²) in [4.78, 5) is 5.09. The molecule has 150 valence electrons. The Bertz CT molecular complexity index is 974. The lowest BCUT2D eigenvalue weighted by Crippen LogP contribution is -2.54. The maximum Gasteiger partial charge on any atom is 0.154 e. The van der Waals surface area contributed by atoms with Crippen molar-refractivity contribution in [3.63, 3.8) is 0 Å². The summed E-state index contributed by atoms with van der Waals surface area (Å²) in [5.41, 5.74) is 3.87. The highest BCUT2D eigenvalue weighted by molar-refractivity contribution is 5.73. The molecule has 0 aliphatic carbocycles. The van der Waals surface area contributed by atoms with Crippen LogP contribution in [0.15, 0.2) is 18.2 Å². The number of aromatic hydroxyl groups is 1. The van der Waals surface area contributed by atoms with Gasteiger partial charge in [-0.3, -0.25) is 4.90 Å². The van der Waals surface area contributed by atoms with Crippen molar-refractivity contribution in [3.8, 4) is 23.1 Å². The molecule has 3 unspecified atom stereocenters. The van der Waals surface area contributed by atoms with Crippen LogP contribution in [0.2, 0.25) is 0 Å². The second-order valence-electron chi connectivity index (χ2n) is 8.78. The number of anilines is 1. The summed E-state index contributed by atoms with van der Waals surface area (Å²) >= 11 is 0. The Morgan fingerprint density at radius 2 is 1.90 bits per heavy atom. The van der Waals surface area contributed by atoms with Crippen molar-refractivity contribution in [2.24, 2.45) is 0 Å². The number of phenols is 1. The highest BCUT2D eigenvalue weighted by Crippen LogP contribution is 2.41. The van der Waals surface area contributed by atoms with E-state index >= 15 is 0 Å². The minimum atomic E-state index is 0.0920. The highest BCUT2D eigenvalue weighted by atomic mass is 16.3. The number of likely N-dealkylation sites (N-methyl/N-ethyl adjacent to an activating group) is 1. The van der Waals surface area contributed by atoms with E-state index in [2.05, 4.69) is 39.2 Å². The van der Waals surface area contributed by atoms with Crippen LogP contribution in [0.5, 0.6) is 5.75 Å². The van der Waals surface area contributed by atoms with Gasteiger partial charge in [-0.2, -0.15) is 5.26 Å². The summed E-state index contributed by atoms with van der Waals surface area (Å²) in [6, 6.07) is 9.37. The fourth-order valence-corrected chi connectivity index (χ4v) is 5.78. The molecule has 3 aliphatic rings. The van der Waals surface area contributed by atoms with Crippen molar-refractivity contribution in [2.45, 2.75) is 63.6 Å². The Morgan fingerprint density at radius 1 is 1.10 bits per heavy atom. The molecule has 5 rings (SSSR count). The number of nitrogens with zero attached hydrogens (tertiary/aromatic N) is 5. The number of phenolic OH excluding ortho intramolecular Hbond substituents is 1. The van der Waals surface area contributed by atoms with E-state index in [1.807, 2.05) is 6.92 Å². The summed E-state index contributed by atoms with van der Waals surface area (Å²) < 4.78 is 0. The number of piperidine rings is 1. The van der Waals surface area contributed by atoms with Crippen molar-refractivity contribution in [2.75, 3.05) is 18.5 Å². The summed E-state index contributed by atoms with van der Waals surface area (Å²) in [6.45, 7) is 2.94. The molecule has 1 aromatic heterocycles. The topological polar surface area (TPSA) is 76.3 Å². The van der Waals surface area contributed by atoms with Crippen LogP contribution < -0.4 is 4.90 Å². The number of hydrogen-bond donors (Lipinski definition) is 1. The van der Waals surface area contributed by atoms with Gasteiger partial charge in [0.1, 0.15) is 5.75 Å². The van der Waals surface area contributed by atoms with Gasteiger partial charge in [-0.25, -0.2) is 0 Å². The maximum atomic E-state index is 10.5. The minimum Gasteiger partial charge on any atom is -0.507 e. The van der Waals surface area contributed by atoms with E-state index in [0.717, 1.165) is 36.8 Å². The largest absolute Gasteiger partial charge is 0.507 e. The summed E-state index contributed by atoms with van der Waals surface area (Å²) in [7, 11) is 2.28. The molecular formula is C23H27N5O. The third kappa shape index (κ3) is 2.96. The van der Waals surface area contributed by atoms with E-state index < -0.39 is 0 Å². The van der Waals surface area contributed by atoms with Crippen molar-refractivity contribution in [1.82, 2.24) is 15.1 Å². The minimum absolute atomic E-state index is 0.0920. The Labute approximate surface area is 171 Å². The first-order valence-corrected chi connectivity index (χ1v) is 10.7. The highest BCUT2D eigenvalue weighted by Gasteiger charge is 2.43. The van der Waals surface area contributed by atoms with E-state index in [1.54, 1.807) is 6.07 Å². The number of fused-ring (bicyclic) bond motifs is 3. The van der Waals surface area contributed by atoms with Crippen LogP contribution in [-0.2, 0) is 6.42 Å². The summed E-state index contributed by atoms with van der Waals surface area (Å²) in [6.07, 6.45) is 7.21. The Hall–Kier alpha value is -2.65. The average Bonchev–Trinajstić information content (AvgIpc) is 2.94. The predicted molar refractivity (Wildman–Crippen MR) is 112 cm³/mol. The van der Waals surface area contributed by atoms with Crippen molar-refractivity contribution in [3.05, 3.63) is 34.9 Å². The molecule has 0 saturated carbocycles. The van der Waals surface area contributed by atoms with Crippen molar-refractivity contribution in [1.29, 1.82) is 5.26 Å². The van der Waals surface area contributed by atoms with Crippen LogP contribution in [0.25, 0.3) is 11.3 Å². The van der Waals surface area contributed by atoms with E-state index in [-0.39, 0.29) is 5.75 Å². The molecule has 2 saturated heterocycles. The fraction of sp³-hybridized carbons (Fsp3) is 0.522. The smallest absolute Gasteiger partial charge is 0.154 e. The van der Waals surface area contributed by atoms with Gasteiger partial charge >= 0.3 is 0 Å². The number of aryl methyl sites for hydroxylation is 2. The second-order valence-corrected chi connectivity index (χ2v) is 8.78. The van der Waals surface area contributed by atoms with Crippen LogP contribution in [0.1, 0.15) is 48.8 Å². The summed E-state index contributed by atoms with van der Waals surface area (Å²) in [5, 5.41) is 28.8. The van der Waals surface area contributed by atoms with Gasteiger partial charge in [0.15, 0.2) is 5.82 Å². The quantitative estimate of drug-likeness (QED) is 0.848.